The van der Waals surface area contributed by atoms with E-state index >= 15 is 0 Å². The normalized spacial score (nSPS) is 16.5. The van der Waals surface area contributed by atoms with E-state index in [1.54, 1.807) is 18.2 Å². The van der Waals surface area contributed by atoms with E-state index in [-0.39, 0.29) is 35.4 Å². The standard InChI is InChI=1S/C12H10Cl2O4.C12H10Cl2O3/c1-17-12(16)6-2-3-18-10-5-9(14)8(13)4-7(10)11(6)15;1-16-12(15)7-2-3-17-11-6-10(14)9(13)5-8(11)4-7/h4-6H,2-3H2,1H3;4-6H,2-3H2,1H3. The van der Waals surface area contributed by atoms with Crippen LogP contribution in [-0.2, 0) is 19.1 Å². The fraction of sp³-hybridized carbons (Fsp3) is 0.292. The van der Waals surface area contributed by atoms with Crippen LogP contribution in [0.25, 0.3) is 6.08 Å². The summed E-state index contributed by atoms with van der Waals surface area (Å²) in [4.78, 5) is 35.2. The van der Waals surface area contributed by atoms with Crippen molar-refractivity contribution in [3.05, 3.63) is 61.1 Å². The van der Waals surface area contributed by atoms with Crippen molar-refractivity contribution in [2.24, 2.45) is 5.92 Å². The van der Waals surface area contributed by atoms with Crippen LogP contribution in [0.4, 0.5) is 0 Å². The van der Waals surface area contributed by atoms with E-state index in [2.05, 4.69) is 4.74 Å². The molecule has 7 nitrogen and oxygen atoms in total. The van der Waals surface area contributed by atoms with Gasteiger partial charge in [-0.1, -0.05) is 46.4 Å². The lowest BCUT2D eigenvalue weighted by Crippen LogP contribution is -2.25. The predicted octanol–water partition coefficient (Wildman–Crippen LogP) is 6.08. The Balaban J connectivity index is 0.000000196. The minimum absolute atomic E-state index is 0.246. The molecule has 2 heterocycles. The zero-order chi connectivity index (χ0) is 25.7. The van der Waals surface area contributed by atoms with E-state index in [4.69, 9.17) is 60.6 Å². The summed E-state index contributed by atoms with van der Waals surface area (Å²) in [6.45, 7) is 0.655. The van der Waals surface area contributed by atoms with Gasteiger partial charge in [0.15, 0.2) is 5.78 Å². The average molecular weight is 562 g/mol. The van der Waals surface area contributed by atoms with Gasteiger partial charge in [-0.2, -0.15) is 0 Å². The highest BCUT2D eigenvalue weighted by atomic mass is 35.5. The molecule has 2 aliphatic heterocycles. The van der Waals surface area contributed by atoms with Gasteiger partial charge in [-0.3, -0.25) is 9.59 Å². The van der Waals surface area contributed by atoms with E-state index in [9.17, 15) is 14.4 Å². The van der Waals surface area contributed by atoms with Crippen LogP contribution in [0, 0.1) is 5.92 Å². The molecule has 0 N–H and O–H groups in total. The Labute approximate surface area is 221 Å². The van der Waals surface area contributed by atoms with Crippen LogP contribution in [0.2, 0.25) is 20.1 Å². The second-order valence-electron chi connectivity index (χ2n) is 7.40. The molecule has 2 aromatic rings. The summed E-state index contributed by atoms with van der Waals surface area (Å²) < 4.78 is 20.2. The maximum absolute atomic E-state index is 12.2. The molecule has 2 aromatic carbocycles. The van der Waals surface area contributed by atoms with E-state index in [1.165, 1.54) is 26.4 Å². The number of carbonyl (C=O) groups is 3. The number of methoxy groups -OCH3 is 2. The monoisotopic (exact) mass is 560 g/mol. The minimum atomic E-state index is -0.853. The molecule has 0 bridgehead atoms. The summed E-state index contributed by atoms with van der Waals surface area (Å²) in [6.07, 6.45) is 2.49. The summed E-state index contributed by atoms with van der Waals surface area (Å²) in [5.74, 6) is -1.16. The highest BCUT2D eigenvalue weighted by Crippen LogP contribution is 2.35. The number of ether oxygens (including phenoxy) is 4. The van der Waals surface area contributed by atoms with Crippen molar-refractivity contribution in [3.8, 4) is 11.5 Å². The molecule has 0 aliphatic carbocycles. The van der Waals surface area contributed by atoms with Crippen LogP contribution >= 0.6 is 46.4 Å². The van der Waals surface area contributed by atoms with Crippen LogP contribution in [0.5, 0.6) is 11.5 Å². The molecule has 35 heavy (non-hydrogen) atoms. The largest absolute Gasteiger partial charge is 0.493 e. The lowest BCUT2D eigenvalue weighted by molar-refractivity contribution is -0.144. The third-order valence-electron chi connectivity index (χ3n) is 5.21. The Hall–Kier alpha value is -2.45. The number of fused-ring (bicyclic) bond motifs is 2. The Morgan fingerprint density at radius 2 is 1.46 bits per heavy atom. The number of esters is 2. The molecule has 0 spiro atoms. The Kier molecular flexibility index (Phi) is 9.30. The summed E-state index contributed by atoms with van der Waals surface area (Å²) in [7, 11) is 2.60. The van der Waals surface area contributed by atoms with Crippen LogP contribution in [0.15, 0.2) is 29.8 Å². The molecule has 4 rings (SSSR count). The molecule has 0 amide bonds. The first-order valence-electron chi connectivity index (χ1n) is 10.3. The highest BCUT2D eigenvalue weighted by molar-refractivity contribution is 6.43. The second kappa shape index (κ2) is 12.0. The van der Waals surface area contributed by atoms with Gasteiger partial charge in [0.2, 0.25) is 0 Å². The Morgan fingerprint density at radius 1 is 0.857 bits per heavy atom. The molecule has 0 fully saturated rings. The lowest BCUT2D eigenvalue weighted by atomic mass is 9.95. The van der Waals surface area contributed by atoms with Gasteiger partial charge in [-0.15, -0.1) is 0 Å². The van der Waals surface area contributed by atoms with Crippen molar-refractivity contribution < 1.29 is 33.3 Å². The molecule has 0 radical (unpaired) electrons. The van der Waals surface area contributed by atoms with E-state index in [0.717, 1.165) is 5.56 Å². The van der Waals surface area contributed by atoms with Crippen molar-refractivity contribution in [1.29, 1.82) is 0 Å². The molecular formula is C24H20Cl4O7. The van der Waals surface area contributed by atoms with Crippen molar-refractivity contribution >= 4 is 70.2 Å². The maximum Gasteiger partial charge on any atom is 0.333 e. The van der Waals surface area contributed by atoms with Crippen molar-refractivity contribution in [1.82, 2.24) is 0 Å². The third-order valence-corrected chi connectivity index (χ3v) is 6.66. The van der Waals surface area contributed by atoms with Crippen LogP contribution in [0.1, 0.15) is 28.8 Å². The molecule has 186 valence electrons. The fourth-order valence-corrected chi connectivity index (χ4v) is 4.06. The zero-order valence-corrected chi connectivity index (χ0v) is 21.7. The first kappa shape index (κ1) is 27.1. The van der Waals surface area contributed by atoms with Gasteiger partial charge in [0.05, 0.1) is 53.1 Å². The smallest absolute Gasteiger partial charge is 0.333 e. The average Bonchev–Trinajstić information content (AvgIpc) is 3.13. The molecule has 2 aliphatic rings. The van der Waals surface area contributed by atoms with E-state index in [0.29, 0.717) is 45.2 Å². The summed E-state index contributed by atoms with van der Waals surface area (Å²) in [5.41, 5.74) is 1.55. The van der Waals surface area contributed by atoms with E-state index < -0.39 is 11.9 Å². The number of rotatable bonds is 2. The van der Waals surface area contributed by atoms with Gasteiger partial charge in [0.25, 0.3) is 0 Å². The predicted molar refractivity (Wildman–Crippen MR) is 133 cm³/mol. The van der Waals surface area contributed by atoms with Crippen molar-refractivity contribution in [2.75, 3.05) is 27.4 Å². The number of carbonyl (C=O) groups excluding carboxylic acids is 3. The molecule has 0 saturated heterocycles. The third kappa shape index (κ3) is 6.41. The summed E-state index contributed by atoms with van der Waals surface area (Å²) >= 11 is 23.6. The Bertz CT molecular complexity index is 1190. The number of hydrogen-bond donors (Lipinski definition) is 0. The van der Waals surface area contributed by atoms with Crippen LogP contribution in [-0.4, -0.2) is 45.2 Å². The topological polar surface area (TPSA) is 88.1 Å². The SMILES string of the molecule is COC(=O)C1=Cc2cc(Cl)c(Cl)cc2OCC1.COC(=O)C1CCOc2cc(Cl)c(Cl)cc2C1=O. The summed E-state index contributed by atoms with van der Waals surface area (Å²) in [6, 6.07) is 6.23. The van der Waals surface area contributed by atoms with Crippen LogP contribution < -0.4 is 9.47 Å². The minimum Gasteiger partial charge on any atom is -0.493 e. The fourth-order valence-electron chi connectivity index (χ4n) is 3.42. The molecule has 11 heteroatoms. The summed E-state index contributed by atoms with van der Waals surface area (Å²) in [5, 5.41) is 1.41. The molecule has 0 aromatic heterocycles. The highest BCUT2D eigenvalue weighted by Gasteiger charge is 2.33. The van der Waals surface area contributed by atoms with Crippen molar-refractivity contribution in [3.63, 3.8) is 0 Å². The number of Topliss-reactive ketones (excluding diaryl/α,β-unsaturated/α-hetero) is 1. The first-order chi connectivity index (χ1) is 16.7. The van der Waals surface area contributed by atoms with Gasteiger partial charge in [0.1, 0.15) is 17.4 Å². The number of benzene rings is 2. The maximum atomic E-state index is 12.2. The van der Waals surface area contributed by atoms with E-state index in [1.807, 2.05) is 0 Å². The van der Waals surface area contributed by atoms with Gasteiger partial charge < -0.3 is 18.9 Å². The lowest BCUT2D eigenvalue weighted by Gasteiger charge is -2.10. The number of halogens is 4. The molecular weight excluding hydrogens is 542 g/mol. The Morgan fingerprint density at radius 3 is 2.11 bits per heavy atom. The quantitative estimate of drug-likeness (QED) is 0.324. The van der Waals surface area contributed by atoms with Gasteiger partial charge >= 0.3 is 11.9 Å². The molecule has 1 unspecified atom stereocenters. The number of ketones is 1. The second-order valence-corrected chi connectivity index (χ2v) is 9.03. The van der Waals surface area contributed by atoms with Gasteiger partial charge in [-0.25, -0.2) is 4.79 Å². The zero-order valence-electron chi connectivity index (χ0n) is 18.7. The molecule has 0 saturated carbocycles. The number of hydrogen-bond acceptors (Lipinski definition) is 7. The van der Waals surface area contributed by atoms with Gasteiger partial charge in [0, 0.05) is 36.1 Å². The van der Waals surface area contributed by atoms with Gasteiger partial charge in [-0.05, 0) is 18.2 Å². The first-order valence-corrected chi connectivity index (χ1v) is 11.8. The van der Waals surface area contributed by atoms with Crippen molar-refractivity contribution in [2.45, 2.75) is 12.8 Å². The van der Waals surface area contributed by atoms with Crippen LogP contribution in [0.3, 0.4) is 0 Å². The molecule has 1 atom stereocenters.